The predicted molar refractivity (Wildman–Crippen MR) is 104 cm³/mol. The number of halogens is 1. The van der Waals surface area contributed by atoms with Crippen LogP contribution in [0, 0.1) is 13.8 Å². The summed E-state index contributed by atoms with van der Waals surface area (Å²) in [4.78, 5) is 25.0. The highest BCUT2D eigenvalue weighted by Gasteiger charge is 2.18. The molecule has 0 aliphatic rings. The highest BCUT2D eigenvalue weighted by molar-refractivity contribution is 9.10. The van der Waals surface area contributed by atoms with Crippen molar-refractivity contribution in [2.45, 2.75) is 20.3 Å². The third-order valence-corrected chi connectivity index (χ3v) is 4.87. The Morgan fingerprint density at radius 2 is 2.08 bits per heavy atom. The topological polar surface area (TPSA) is 75.1 Å². The maximum atomic E-state index is 12.7. The van der Waals surface area contributed by atoms with Gasteiger partial charge in [-0.25, -0.2) is 9.97 Å². The number of hydrogen-bond donors (Lipinski definition) is 2. The van der Waals surface area contributed by atoms with Crippen LogP contribution in [-0.4, -0.2) is 31.8 Å². The SMILES string of the molecule is Cc1cc(Br)c2nc(C)c(C(=O)NCCc3nc4ccccc4[nH]3)n2c1. The molecule has 0 bridgehead atoms. The van der Waals surface area contributed by atoms with Gasteiger partial charge in [0.25, 0.3) is 5.91 Å². The number of pyridine rings is 1. The van der Waals surface area contributed by atoms with E-state index in [1.165, 1.54) is 0 Å². The minimum atomic E-state index is -0.136. The number of nitrogens with one attached hydrogen (secondary N) is 2. The number of aromatic nitrogens is 4. The second-order valence-electron chi connectivity index (χ2n) is 6.31. The molecule has 0 saturated carbocycles. The monoisotopic (exact) mass is 411 g/mol. The number of aryl methyl sites for hydroxylation is 2. The smallest absolute Gasteiger partial charge is 0.270 e. The molecule has 0 spiro atoms. The predicted octanol–water partition coefficient (Wildman–Crippen LogP) is 3.56. The van der Waals surface area contributed by atoms with Crippen molar-refractivity contribution >= 4 is 38.5 Å². The van der Waals surface area contributed by atoms with Crippen LogP contribution in [0.5, 0.6) is 0 Å². The molecule has 6 nitrogen and oxygen atoms in total. The van der Waals surface area contributed by atoms with Gasteiger partial charge < -0.3 is 10.3 Å². The summed E-state index contributed by atoms with van der Waals surface area (Å²) in [5.41, 5.74) is 5.01. The molecule has 0 fully saturated rings. The average molecular weight is 412 g/mol. The summed E-state index contributed by atoms with van der Waals surface area (Å²) >= 11 is 3.52. The van der Waals surface area contributed by atoms with Gasteiger partial charge in [-0.05, 0) is 53.5 Å². The summed E-state index contributed by atoms with van der Waals surface area (Å²) in [6, 6.07) is 9.88. The van der Waals surface area contributed by atoms with Gasteiger partial charge in [-0.3, -0.25) is 9.20 Å². The van der Waals surface area contributed by atoms with Crippen LogP contribution in [0.3, 0.4) is 0 Å². The fraction of sp³-hybridized carbons (Fsp3) is 0.211. The van der Waals surface area contributed by atoms with Crippen molar-refractivity contribution in [3.63, 3.8) is 0 Å². The summed E-state index contributed by atoms with van der Waals surface area (Å²) in [7, 11) is 0. The molecule has 0 aliphatic heterocycles. The Morgan fingerprint density at radius 3 is 2.88 bits per heavy atom. The zero-order valence-corrected chi connectivity index (χ0v) is 16.1. The van der Waals surface area contributed by atoms with Crippen LogP contribution < -0.4 is 5.32 Å². The molecule has 3 aromatic heterocycles. The molecule has 0 radical (unpaired) electrons. The zero-order valence-electron chi connectivity index (χ0n) is 14.5. The van der Waals surface area contributed by atoms with Gasteiger partial charge in [0.1, 0.15) is 11.5 Å². The van der Waals surface area contributed by atoms with Gasteiger partial charge in [-0.2, -0.15) is 0 Å². The molecule has 2 N–H and O–H groups in total. The normalized spacial score (nSPS) is 11.3. The summed E-state index contributed by atoms with van der Waals surface area (Å²) in [6.07, 6.45) is 2.56. The standard InChI is InChI=1S/C19H18BrN5O/c1-11-9-13(20)18-22-12(2)17(25(18)10-11)19(26)21-8-7-16-23-14-5-3-4-6-15(14)24-16/h3-6,9-10H,7-8H2,1-2H3,(H,21,26)(H,23,24). The number of benzene rings is 1. The van der Waals surface area contributed by atoms with Gasteiger partial charge in [-0.1, -0.05) is 12.1 Å². The van der Waals surface area contributed by atoms with Crippen molar-refractivity contribution in [2.24, 2.45) is 0 Å². The number of carbonyl (C=O) groups excluding carboxylic acids is 1. The largest absolute Gasteiger partial charge is 0.350 e. The third kappa shape index (κ3) is 2.99. The van der Waals surface area contributed by atoms with Crippen LogP contribution in [0.4, 0.5) is 0 Å². The van der Waals surface area contributed by atoms with Crippen LogP contribution in [0.25, 0.3) is 16.7 Å². The first-order valence-electron chi connectivity index (χ1n) is 8.39. The Labute approximate surface area is 158 Å². The van der Waals surface area contributed by atoms with Gasteiger partial charge in [0, 0.05) is 19.2 Å². The Bertz CT molecular complexity index is 1090. The molecule has 0 aliphatic carbocycles. The molecule has 0 saturated heterocycles. The average Bonchev–Trinajstić information content (AvgIpc) is 3.15. The van der Waals surface area contributed by atoms with E-state index in [9.17, 15) is 4.79 Å². The first-order valence-corrected chi connectivity index (χ1v) is 9.19. The molecule has 4 rings (SSSR count). The van der Waals surface area contributed by atoms with Crippen LogP contribution in [-0.2, 0) is 6.42 Å². The Morgan fingerprint density at radius 1 is 1.27 bits per heavy atom. The van der Waals surface area contributed by atoms with Crippen molar-refractivity contribution in [1.82, 2.24) is 24.7 Å². The number of imidazole rings is 2. The lowest BCUT2D eigenvalue weighted by Gasteiger charge is -2.06. The minimum absolute atomic E-state index is 0.136. The highest BCUT2D eigenvalue weighted by Crippen LogP contribution is 2.22. The first kappa shape index (κ1) is 16.8. The summed E-state index contributed by atoms with van der Waals surface area (Å²) in [5.74, 6) is 0.726. The van der Waals surface area contributed by atoms with E-state index >= 15 is 0 Å². The highest BCUT2D eigenvalue weighted by atomic mass is 79.9. The number of H-pyrrole nitrogens is 1. The lowest BCUT2D eigenvalue weighted by Crippen LogP contribution is -2.27. The quantitative estimate of drug-likeness (QED) is 0.538. The fourth-order valence-corrected chi connectivity index (χ4v) is 3.76. The van der Waals surface area contributed by atoms with E-state index in [2.05, 4.69) is 36.2 Å². The van der Waals surface area contributed by atoms with Gasteiger partial charge in [0.2, 0.25) is 0 Å². The van der Waals surface area contributed by atoms with Gasteiger partial charge >= 0.3 is 0 Å². The second kappa shape index (κ2) is 6.57. The molecule has 3 heterocycles. The maximum absolute atomic E-state index is 12.7. The van der Waals surface area contributed by atoms with Crippen LogP contribution >= 0.6 is 15.9 Å². The molecule has 0 atom stereocenters. The van der Waals surface area contributed by atoms with Gasteiger partial charge in [0.15, 0.2) is 5.65 Å². The molecule has 1 amide bonds. The zero-order chi connectivity index (χ0) is 18.3. The van der Waals surface area contributed by atoms with E-state index < -0.39 is 0 Å². The van der Waals surface area contributed by atoms with Crippen molar-refractivity contribution in [3.05, 3.63) is 63.8 Å². The van der Waals surface area contributed by atoms with Crippen molar-refractivity contribution in [1.29, 1.82) is 0 Å². The van der Waals surface area contributed by atoms with Crippen LogP contribution in [0.2, 0.25) is 0 Å². The number of carbonyl (C=O) groups is 1. The number of amides is 1. The first-order chi connectivity index (χ1) is 12.5. The van der Waals surface area contributed by atoms with Crippen LogP contribution in [0.15, 0.2) is 41.0 Å². The molecule has 1 aromatic carbocycles. The van der Waals surface area contributed by atoms with Crippen LogP contribution in [0.1, 0.15) is 27.6 Å². The molecule has 0 unspecified atom stereocenters. The van der Waals surface area contributed by atoms with Crippen molar-refractivity contribution < 1.29 is 4.79 Å². The Hall–Kier alpha value is -2.67. The maximum Gasteiger partial charge on any atom is 0.270 e. The number of para-hydroxylation sites is 2. The lowest BCUT2D eigenvalue weighted by atomic mass is 10.3. The Balaban J connectivity index is 1.51. The molecule has 4 aromatic rings. The van der Waals surface area contributed by atoms with Gasteiger partial charge in [-0.15, -0.1) is 0 Å². The molecule has 26 heavy (non-hydrogen) atoms. The van der Waals surface area contributed by atoms with Gasteiger partial charge in [0.05, 0.1) is 21.2 Å². The summed E-state index contributed by atoms with van der Waals surface area (Å²) in [6.45, 7) is 4.34. The van der Waals surface area contributed by atoms with E-state index in [4.69, 9.17) is 0 Å². The number of fused-ring (bicyclic) bond motifs is 2. The second-order valence-corrected chi connectivity index (χ2v) is 7.17. The molecule has 132 valence electrons. The molecular formula is C19H18BrN5O. The van der Waals surface area contributed by atoms with Crippen molar-refractivity contribution in [2.75, 3.05) is 6.54 Å². The van der Waals surface area contributed by atoms with E-state index in [-0.39, 0.29) is 5.91 Å². The summed E-state index contributed by atoms with van der Waals surface area (Å²) in [5, 5.41) is 2.97. The van der Waals surface area contributed by atoms with E-state index in [0.717, 1.165) is 32.5 Å². The lowest BCUT2D eigenvalue weighted by molar-refractivity contribution is 0.0947. The number of rotatable bonds is 4. The number of nitrogens with zero attached hydrogens (tertiary/aromatic N) is 3. The van der Waals surface area contributed by atoms with E-state index in [1.54, 1.807) is 0 Å². The minimum Gasteiger partial charge on any atom is -0.350 e. The summed E-state index contributed by atoms with van der Waals surface area (Å²) < 4.78 is 2.72. The Kier molecular flexibility index (Phi) is 4.24. The molecule has 7 heteroatoms. The molecular weight excluding hydrogens is 394 g/mol. The number of aromatic amines is 1. The van der Waals surface area contributed by atoms with E-state index in [0.29, 0.717) is 24.4 Å². The fourth-order valence-electron chi connectivity index (χ4n) is 3.12. The van der Waals surface area contributed by atoms with Crippen molar-refractivity contribution in [3.8, 4) is 0 Å². The third-order valence-electron chi connectivity index (χ3n) is 4.29. The van der Waals surface area contributed by atoms with E-state index in [1.807, 2.05) is 54.8 Å². The number of hydrogen-bond acceptors (Lipinski definition) is 3.